The van der Waals surface area contributed by atoms with Crippen LogP contribution in [0.5, 0.6) is 0 Å². The number of hydrogen-bond donors (Lipinski definition) is 0. The Morgan fingerprint density at radius 1 is 0.719 bits per heavy atom. The lowest BCUT2D eigenvalue weighted by Gasteiger charge is -2.09. The Labute approximate surface area is 192 Å². The van der Waals surface area contributed by atoms with E-state index in [1.165, 1.54) is 11.1 Å². The first-order valence-electron chi connectivity index (χ1n) is 11.3. The van der Waals surface area contributed by atoms with Crippen molar-refractivity contribution in [3.8, 4) is 0 Å². The van der Waals surface area contributed by atoms with Gasteiger partial charge in [0.15, 0.2) is 24.8 Å². The third kappa shape index (κ3) is 10.4. The zero-order valence-corrected chi connectivity index (χ0v) is 20.0. The van der Waals surface area contributed by atoms with Crippen LogP contribution in [0.1, 0.15) is 50.7 Å². The van der Waals surface area contributed by atoms with Gasteiger partial charge in [0, 0.05) is 16.4 Å². The zero-order valence-electron chi connectivity index (χ0n) is 19.1. The van der Waals surface area contributed by atoms with E-state index in [-0.39, 0.29) is 36.6 Å². The molecule has 0 radical (unpaired) electrons. The van der Waals surface area contributed by atoms with Gasteiger partial charge in [0.2, 0.25) is 0 Å². The Balaban J connectivity index is 1.56. The zero-order chi connectivity index (χ0) is 23.2. The molecule has 0 heterocycles. The molecule has 0 spiro atoms. The van der Waals surface area contributed by atoms with E-state index in [1.807, 2.05) is 50.2 Å². The van der Waals surface area contributed by atoms with Crippen molar-refractivity contribution < 1.29 is 23.2 Å². The molecule has 0 aliphatic rings. The molecule has 2 atom stereocenters. The highest BCUT2D eigenvalue weighted by atomic mass is 31.1. The lowest BCUT2D eigenvalue weighted by atomic mass is 9.98. The smallest absolute Gasteiger partial charge is 0.297 e. The summed E-state index contributed by atoms with van der Waals surface area (Å²) in [5, 5.41) is 0. The van der Waals surface area contributed by atoms with Crippen LogP contribution in [0.25, 0.3) is 0 Å². The molecule has 0 N–H and O–H groups in total. The number of ketones is 2. The van der Waals surface area contributed by atoms with E-state index in [1.54, 1.807) is 0 Å². The van der Waals surface area contributed by atoms with Crippen LogP contribution in [0.2, 0.25) is 0 Å². The second-order valence-electron chi connectivity index (χ2n) is 8.26. The van der Waals surface area contributed by atoms with E-state index in [0.717, 1.165) is 38.5 Å². The molecule has 0 aliphatic heterocycles. The molecule has 0 saturated carbocycles. The average Bonchev–Trinajstić information content (AvgIpc) is 2.82. The van der Waals surface area contributed by atoms with Crippen molar-refractivity contribution in [2.45, 2.75) is 52.4 Å². The molecule has 6 heteroatoms. The van der Waals surface area contributed by atoms with E-state index >= 15 is 0 Å². The van der Waals surface area contributed by atoms with Gasteiger partial charge in [-0.25, -0.2) is 0 Å². The van der Waals surface area contributed by atoms with Crippen LogP contribution in [-0.2, 0) is 36.0 Å². The summed E-state index contributed by atoms with van der Waals surface area (Å²) in [6.45, 7) is 3.18. The maximum Gasteiger partial charge on any atom is 0.698 e. The highest BCUT2D eigenvalue weighted by Gasteiger charge is 2.27. The Morgan fingerprint density at radius 3 is 1.47 bits per heavy atom. The fraction of sp³-hybridized carbons (Fsp3) is 0.462. The minimum Gasteiger partial charge on any atom is -0.297 e. The maximum atomic E-state index is 12.2. The van der Waals surface area contributed by atoms with Gasteiger partial charge in [-0.3, -0.25) is 9.59 Å². The van der Waals surface area contributed by atoms with Gasteiger partial charge < -0.3 is 0 Å². The molecule has 32 heavy (non-hydrogen) atoms. The largest absolute Gasteiger partial charge is 0.698 e. The van der Waals surface area contributed by atoms with Gasteiger partial charge in [0.1, 0.15) is 0 Å². The van der Waals surface area contributed by atoms with Gasteiger partial charge in [0.25, 0.3) is 0 Å². The van der Waals surface area contributed by atoms with Gasteiger partial charge in [0.05, 0.1) is 0 Å². The molecule has 5 nitrogen and oxygen atoms in total. The van der Waals surface area contributed by atoms with Crippen LogP contribution < -0.4 is 0 Å². The number of hydrogen-bond acceptors (Lipinski definition) is 5. The highest BCUT2D eigenvalue weighted by Crippen LogP contribution is 2.25. The second kappa shape index (κ2) is 14.8. The predicted molar refractivity (Wildman–Crippen MR) is 127 cm³/mol. The number of rotatable bonds is 16. The summed E-state index contributed by atoms with van der Waals surface area (Å²) in [4.78, 5) is 24.4. The Hall–Kier alpha value is -2.20. The van der Waals surface area contributed by atoms with Gasteiger partial charge in [-0.2, -0.15) is 0 Å². The van der Waals surface area contributed by atoms with E-state index in [2.05, 4.69) is 24.3 Å². The van der Waals surface area contributed by atoms with Crippen LogP contribution in [0.3, 0.4) is 0 Å². The first kappa shape index (κ1) is 26.1. The summed E-state index contributed by atoms with van der Waals surface area (Å²) in [6.07, 6.45) is 5.12. The second-order valence-corrected chi connectivity index (χ2v) is 9.22. The fourth-order valence-corrected chi connectivity index (χ4v) is 3.93. The maximum absolute atomic E-state index is 12.2. The van der Waals surface area contributed by atoms with E-state index in [0.29, 0.717) is 0 Å². The molecule has 0 unspecified atom stereocenters. The molecule has 172 valence electrons. The Morgan fingerprint density at radius 2 is 1.09 bits per heavy atom. The monoisotopic (exact) mass is 457 g/mol. The summed E-state index contributed by atoms with van der Waals surface area (Å²) in [6, 6.07) is 20.3. The fourth-order valence-electron chi connectivity index (χ4n) is 3.39. The molecular weight excluding hydrogens is 423 g/mol. The number of carbonyl (C=O) groups excluding carboxylic acids is 2. The van der Waals surface area contributed by atoms with E-state index < -0.39 is 8.25 Å². The summed E-state index contributed by atoms with van der Waals surface area (Å²) in [5.41, 5.74) is 2.50. The number of aryl methyl sites for hydroxylation is 2. The summed E-state index contributed by atoms with van der Waals surface area (Å²) in [5.74, 6) is -0.557. The third-order valence-electron chi connectivity index (χ3n) is 5.61. The predicted octanol–water partition coefficient (Wildman–Crippen LogP) is 6.13. The molecule has 2 aromatic rings. The van der Waals surface area contributed by atoms with Crippen molar-refractivity contribution in [2.75, 3.05) is 13.2 Å². The van der Waals surface area contributed by atoms with Gasteiger partial charge in [-0.05, 0) is 49.7 Å². The molecule has 0 saturated heterocycles. The van der Waals surface area contributed by atoms with E-state index in [4.69, 9.17) is 9.05 Å². The van der Waals surface area contributed by atoms with E-state index in [9.17, 15) is 14.2 Å². The SMILES string of the molecule is C[C@@H](CCCc1ccccc1)C(=O)CO[P+](=O)OCC(=O)[C@@H](C)CCCc1ccccc1. The molecule has 2 rings (SSSR count). The molecule has 0 fully saturated rings. The van der Waals surface area contributed by atoms with Gasteiger partial charge in [-0.1, -0.05) is 74.5 Å². The quantitative estimate of drug-likeness (QED) is 0.284. The normalized spacial score (nSPS) is 12.8. The minimum atomic E-state index is -2.48. The van der Waals surface area contributed by atoms with Crippen molar-refractivity contribution >= 4 is 19.8 Å². The number of carbonyl (C=O) groups is 2. The molecule has 0 aromatic heterocycles. The topological polar surface area (TPSA) is 69.7 Å². The first-order chi connectivity index (χ1) is 15.5. The van der Waals surface area contributed by atoms with Crippen molar-refractivity contribution in [3.63, 3.8) is 0 Å². The number of benzene rings is 2. The molecule has 0 amide bonds. The lowest BCUT2D eigenvalue weighted by Crippen LogP contribution is -2.18. The highest BCUT2D eigenvalue weighted by molar-refractivity contribution is 7.33. The molecule has 0 aliphatic carbocycles. The van der Waals surface area contributed by atoms with Crippen LogP contribution >= 0.6 is 8.25 Å². The van der Waals surface area contributed by atoms with Crippen LogP contribution in [0, 0.1) is 11.8 Å². The molecule has 0 bridgehead atoms. The molecule has 2 aromatic carbocycles. The Kier molecular flexibility index (Phi) is 12.0. The van der Waals surface area contributed by atoms with Crippen molar-refractivity contribution in [2.24, 2.45) is 11.8 Å². The minimum absolute atomic E-state index is 0.106. The van der Waals surface area contributed by atoms with Crippen LogP contribution in [-0.4, -0.2) is 24.8 Å². The third-order valence-corrected chi connectivity index (χ3v) is 6.29. The summed E-state index contributed by atoms with van der Waals surface area (Å²) >= 11 is 0. The van der Waals surface area contributed by atoms with Crippen LogP contribution in [0.15, 0.2) is 60.7 Å². The van der Waals surface area contributed by atoms with Gasteiger partial charge in [-0.15, -0.1) is 9.05 Å². The van der Waals surface area contributed by atoms with Crippen molar-refractivity contribution in [3.05, 3.63) is 71.8 Å². The van der Waals surface area contributed by atoms with Crippen LogP contribution in [0.4, 0.5) is 0 Å². The summed E-state index contributed by atoms with van der Waals surface area (Å²) in [7, 11) is -2.48. The van der Waals surface area contributed by atoms with Crippen molar-refractivity contribution in [1.82, 2.24) is 0 Å². The first-order valence-corrected chi connectivity index (χ1v) is 12.4. The Bertz CT molecular complexity index is 768. The lowest BCUT2D eigenvalue weighted by molar-refractivity contribution is -0.125. The standard InChI is InChI=1S/C26H34O5P/c1-21(11-9-17-23-13-5-3-6-14-23)25(27)19-30-32(29)31-20-26(28)22(2)12-10-18-24-15-7-4-8-16-24/h3-8,13-16,21-22H,9-12,17-20H2,1-2H3/q+1/t21-,22-/m0/s1. The number of Topliss-reactive ketones (excluding diaryl/α,β-unsaturated/α-hetero) is 2. The van der Waals surface area contributed by atoms with Crippen molar-refractivity contribution in [1.29, 1.82) is 0 Å². The summed E-state index contributed by atoms with van der Waals surface area (Å²) < 4.78 is 22.0. The van der Waals surface area contributed by atoms with Gasteiger partial charge >= 0.3 is 8.25 Å². The average molecular weight is 458 g/mol. The molecular formula is C26H34O5P+.